The van der Waals surface area contributed by atoms with Gasteiger partial charge in [-0.3, -0.25) is 9.59 Å². The Morgan fingerprint density at radius 3 is 2.88 bits per heavy atom. The molecule has 6 nitrogen and oxygen atoms in total. The number of hydrogen-bond donors (Lipinski definition) is 2. The van der Waals surface area contributed by atoms with Gasteiger partial charge < -0.3 is 15.4 Å². The maximum atomic E-state index is 13.1. The third kappa shape index (κ3) is 4.85. The summed E-state index contributed by atoms with van der Waals surface area (Å²) >= 11 is 6.86. The number of rotatable bonds is 5. The van der Waals surface area contributed by atoms with Crippen LogP contribution in [0.1, 0.15) is 13.3 Å². The Labute approximate surface area is 147 Å². The van der Waals surface area contributed by atoms with Crippen LogP contribution in [0.2, 0.25) is 5.02 Å². The van der Waals surface area contributed by atoms with E-state index >= 15 is 0 Å². The Bertz CT molecular complexity index is 658. The summed E-state index contributed by atoms with van der Waals surface area (Å²) in [6, 6.07) is 3.12. The molecule has 1 aromatic rings. The van der Waals surface area contributed by atoms with E-state index in [0.717, 1.165) is 6.07 Å². The number of anilines is 1. The van der Waals surface area contributed by atoms with Gasteiger partial charge in [0.2, 0.25) is 11.8 Å². The molecule has 0 aliphatic carbocycles. The van der Waals surface area contributed by atoms with Crippen LogP contribution in [-0.2, 0) is 19.1 Å². The average molecular weight is 375 g/mol. The van der Waals surface area contributed by atoms with Crippen molar-refractivity contribution < 1.29 is 23.5 Å². The molecule has 130 valence electrons. The van der Waals surface area contributed by atoms with Crippen molar-refractivity contribution in [3.05, 3.63) is 29.0 Å². The number of esters is 1. The second kappa shape index (κ2) is 8.34. The lowest BCUT2D eigenvalue weighted by Crippen LogP contribution is -2.51. The first-order valence-electron chi connectivity index (χ1n) is 7.24. The van der Waals surface area contributed by atoms with Crippen molar-refractivity contribution >= 4 is 46.8 Å². The molecule has 24 heavy (non-hydrogen) atoms. The highest BCUT2D eigenvalue weighted by Gasteiger charge is 2.34. The van der Waals surface area contributed by atoms with Gasteiger partial charge in [-0.1, -0.05) is 11.6 Å². The first kappa shape index (κ1) is 18.5. The minimum atomic E-state index is -0.697. The Morgan fingerprint density at radius 1 is 1.50 bits per heavy atom. The summed E-state index contributed by atoms with van der Waals surface area (Å²) in [5.41, 5.74) is 0.344. The number of carbonyl (C=O) groups excluding carboxylic acids is 3. The maximum Gasteiger partial charge on any atom is 0.329 e. The van der Waals surface area contributed by atoms with Crippen LogP contribution in [-0.4, -0.2) is 41.4 Å². The molecular formula is C15H16ClFN2O4S. The minimum Gasteiger partial charge on any atom is -0.464 e. The molecule has 0 spiro atoms. The van der Waals surface area contributed by atoms with Crippen molar-refractivity contribution in [2.24, 2.45) is 0 Å². The van der Waals surface area contributed by atoms with Crippen molar-refractivity contribution in [2.75, 3.05) is 17.7 Å². The number of amides is 2. The summed E-state index contributed by atoms with van der Waals surface area (Å²) in [6.07, 6.45) is -0.0684. The van der Waals surface area contributed by atoms with E-state index in [1.807, 2.05) is 0 Å². The second-order valence-electron chi connectivity index (χ2n) is 5.02. The van der Waals surface area contributed by atoms with Gasteiger partial charge in [-0.25, -0.2) is 9.18 Å². The molecule has 0 aromatic heterocycles. The van der Waals surface area contributed by atoms with E-state index in [2.05, 4.69) is 10.6 Å². The van der Waals surface area contributed by atoms with Gasteiger partial charge in [-0.2, -0.15) is 0 Å². The summed E-state index contributed by atoms with van der Waals surface area (Å²) < 4.78 is 17.9. The molecule has 1 aliphatic rings. The number of ether oxygens (including phenoxy) is 1. The fourth-order valence-corrected chi connectivity index (χ4v) is 3.38. The number of carbonyl (C=O) groups is 3. The fraction of sp³-hybridized carbons (Fsp3) is 0.400. The van der Waals surface area contributed by atoms with Crippen molar-refractivity contribution in [2.45, 2.75) is 24.6 Å². The zero-order valence-corrected chi connectivity index (χ0v) is 14.4. The topological polar surface area (TPSA) is 84.5 Å². The van der Waals surface area contributed by atoms with Crippen LogP contribution in [0.4, 0.5) is 10.1 Å². The highest BCUT2D eigenvalue weighted by Crippen LogP contribution is 2.23. The molecule has 2 atom stereocenters. The number of hydrogen-bond acceptors (Lipinski definition) is 5. The molecule has 2 unspecified atom stereocenters. The SMILES string of the molecule is CCOC(=O)C1CSC(CC(=O)Nc2ccc(F)c(Cl)c2)C(=O)N1. The van der Waals surface area contributed by atoms with E-state index < -0.39 is 34.9 Å². The van der Waals surface area contributed by atoms with Gasteiger partial charge in [0, 0.05) is 17.9 Å². The number of thioether (sulfide) groups is 1. The lowest BCUT2D eigenvalue weighted by atomic mass is 10.2. The molecule has 2 amide bonds. The van der Waals surface area contributed by atoms with Crippen molar-refractivity contribution in [3.8, 4) is 0 Å². The molecule has 0 saturated carbocycles. The first-order valence-corrected chi connectivity index (χ1v) is 8.67. The van der Waals surface area contributed by atoms with Gasteiger partial charge in [0.25, 0.3) is 0 Å². The van der Waals surface area contributed by atoms with E-state index in [-0.39, 0.29) is 18.1 Å². The normalized spacial score (nSPS) is 20.2. The van der Waals surface area contributed by atoms with Crippen LogP contribution >= 0.6 is 23.4 Å². The predicted molar refractivity (Wildman–Crippen MR) is 89.5 cm³/mol. The zero-order valence-electron chi connectivity index (χ0n) is 12.8. The average Bonchev–Trinajstić information content (AvgIpc) is 2.53. The summed E-state index contributed by atoms with van der Waals surface area (Å²) in [5.74, 6) is -1.52. The van der Waals surface area contributed by atoms with Gasteiger partial charge in [-0.05, 0) is 25.1 Å². The van der Waals surface area contributed by atoms with Gasteiger partial charge in [-0.15, -0.1) is 11.8 Å². The second-order valence-corrected chi connectivity index (χ2v) is 6.66. The molecule has 1 heterocycles. The molecule has 1 saturated heterocycles. The summed E-state index contributed by atoms with van der Waals surface area (Å²) in [5, 5.41) is 4.40. The van der Waals surface area contributed by atoms with Crippen molar-refractivity contribution in [1.29, 1.82) is 0 Å². The lowest BCUT2D eigenvalue weighted by Gasteiger charge is -2.27. The first-order chi connectivity index (χ1) is 11.4. The monoisotopic (exact) mass is 374 g/mol. The molecule has 9 heteroatoms. The van der Waals surface area contributed by atoms with Crippen LogP contribution in [0.5, 0.6) is 0 Å². The third-order valence-electron chi connectivity index (χ3n) is 3.22. The highest BCUT2D eigenvalue weighted by atomic mass is 35.5. The smallest absolute Gasteiger partial charge is 0.329 e. The molecule has 1 aliphatic heterocycles. The van der Waals surface area contributed by atoms with Gasteiger partial charge in [0.1, 0.15) is 11.9 Å². The zero-order chi connectivity index (χ0) is 17.7. The van der Waals surface area contributed by atoms with E-state index in [4.69, 9.17) is 16.3 Å². The summed E-state index contributed by atoms with van der Waals surface area (Å²) in [6.45, 7) is 1.92. The predicted octanol–water partition coefficient (Wildman–Crippen LogP) is 1.97. The molecule has 2 rings (SSSR count). The number of benzene rings is 1. The third-order valence-corrected chi connectivity index (χ3v) is 4.82. The van der Waals surface area contributed by atoms with Crippen LogP contribution in [0.3, 0.4) is 0 Å². The number of halogens is 2. The molecular weight excluding hydrogens is 359 g/mol. The Hall–Kier alpha value is -1.80. The molecule has 1 aromatic carbocycles. The Kier molecular flexibility index (Phi) is 6.44. The Morgan fingerprint density at radius 2 is 2.25 bits per heavy atom. The van der Waals surface area contributed by atoms with Crippen LogP contribution in [0.15, 0.2) is 18.2 Å². The molecule has 1 fully saturated rings. The van der Waals surface area contributed by atoms with Crippen LogP contribution in [0.25, 0.3) is 0 Å². The summed E-state index contributed by atoms with van der Waals surface area (Å²) in [7, 11) is 0. The van der Waals surface area contributed by atoms with Crippen LogP contribution < -0.4 is 10.6 Å². The van der Waals surface area contributed by atoms with E-state index in [1.54, 1.807) is 6.92 Å². The van der Waals surface area contributed by atoms with E-state index in [9.17, 15) is 18.8 Å². The van der Waals surface area contributed by atoms with Crippen molar-refractivity contribution in [1.82, 2.24) is 5.32 Å². The van der Waals surface area contributed by atoms with E-state index in [1.165, 1.54) is 23.9 Å². The lowest BCUT2D eigenvalue weighted by molar-refractivity contribution is -0.146. The number of nitrogens with one attached hydrogen (secondary N) is 2. The van der Waals surface area contributed by atoms with Gasteiger partial charge >= 0.3 is 5.97 Å². The standard InChI is InChI=1S/C15H16ClFN2O4S/c1-2-23-15(22)11-7-24-12(14(21)19-11)6-13(20)18-8-3-4-10(17)9(16)5-8/h3-5,11-12H,2,6-7H2,1H3,(H,18,20)(H,19,21). The fourth-order valence-electron chi connectivity index (χ4n) is 2.07. The Balaban J connectivity index is 1.87. The molecule has 0 bridgehead atoms. The van der Waals surface area contributed by atoms with Crippen LogP contribution in [0, 0.1) is 5.82 Å². The minimum absolute atomic E-state index is 0.0684. The van der Waals surface area contributed by atoms with E-state index in [0.29, 0.717) is 11.4 Å². The summed E-state index contributed by atoms with van der Waals surface area (Å²) in [4.78, 5) is 35.6. The van der Waals surface area contributed by atoms with Crippen molar-refractivity contribution in [3.63, 3.8) is 0 Å². The molecule has 0 radical (unpaired) electrons. The quantitative estimate of drug-likeness (QED) is 0.770. The van der Waals surface area contributed by atoms with Gasteiger partial charge in [0.15, 0.2) is 0 Å². The maximum absolute atomic E-state index is 13.1. The highest BCUT2D eigenvalue weighted by molar-refractivity contribution is 8.00. The largest absolute Gasteiger partial charge is 0.464 e. The van der Waals surface area contributed by atoms with Gasteiger partial charge in [0.05, 0.1) is 16.9 Å². The molecule has 2 N–H and O–H groups in total.